The molecule has 0 radical (unpaired) electrons. The lowest BCUT2D eigenvalue weighted by Gasteiger charge is -2.17. The Bertz CT molecular complexity index is 1010. The lowest BCUT2D eigenvalue weighted by Crippen LogP contribution is -2.42. The van der Waals surface area contributed by atoms with E-state index in [0.29, 0.717) is 0 Å². The quantitative estimate of drug-likeness (QED) is 0.0772. The van der Waals surface area contributed by atoms with Crippen molar-refractivity contribution in [2.24, 2.45) is 11.7 Å². The third kappa shape index (κ3) is 26.8. The summed E-state index contributed by atoms with van der Waals surface area (Å²) in [5.41, 5.74) is 5.00. The summed E-state index contributed by atoms with van der Waals surface area (Å²) >= 11 is 0. The first-order chi connectivity index (χ1) is 19.6. The summed E-state index contributed by atoms with van der Waals surface area (Å²) in [5, 5.41) is 63.1. The maximum atomic E-state index is 11.9. The van der Waals surface area contributed by atoms with Crippen LogP contribution in [0, 0.1) is 5.92 Å². The van der Waals surface area contributed by atoms with Crippen LogP contribution in [0.1, 0.15) is 58.8 Å². The third-order valence-electron chi connectivity index (χ3n) is 4.69. The number of hydrogen-bond donors (Lipinski definition) is 10. The molecular weight excluding hydrogens is 590 g/mol. The summed E-state index contributed by atoms with van der Waals surface area (Å²) in [7, 11) is 0. The van der Waals surface area contributed by atoms with Crippen molar-refractivity contribution in [1.82, 2.24) is 10.6 Å². The maximum Gasteiger partial charge on any atom is 0.326 e. The summed E-state index contributed by atoms with van der Waals surface area (Å²) in [5.74, 6) is -11.9. The van der Waals surface area contributed by atoms with E-state index < -0.39 is 109 Å². The number of carbonyl (C=O) groups excluding carboxylic acids is 3. The molecule has 0 rings (SSSR count). The van der Waals surface area contributed by atoms with E-state index in [9.17, 15) is 47.9 Å². The largest absolute Gasteiger partial charge is 0.481 e. The van der Waals surface area contributed by atoms with Crippen LogP contribution in [0.4, 0.5) is 0 Å². The Kier molecular flexibility index (Phi) is 22.2. The van der Waals surface area contributed by atoms with Gasteiger partial charge in [-0.1, -0.05) is 0 Å². The molecule has 11 N–H and O–H groups in total. The molecule has 0 unspecified atom stereocenters. The van der Waals surface area contributed by atoms with Gasteiger partial charge in [-0.05, 0) is 12.8 Å². The van der Waals surface area contributed by atoms with Crippen LogP contribution in [0.2, 0.25) is 0 Å². The van der Waals surface area contributed by atoms with Crippen molar-refractivity contribution in [3.8, 4) is 0 Å². The van der Waals surface area contributed by atoms with Gasteiger partial charge in [0.2, 0.25) is 11.8 Å². The highest BCUT2D eigenvalue weighted by Gasteiger charge is 2.28. The van der Waals surface area contributed by atoms with Gasteiger partial charge in [0.15, 0.2) is 5.78 Å². The molecule has 43 heavy (non-hydrogen) atoms. The predicted molar refractivity (Wildman–Crippen MR) is 137 cm³/mol. The van der Waals surface area contributed by atoms with E-state index in [2.05, 4.69) is 5.32 Å². The lowest BCUT2D eigenvalue weighted by molar-refractivity contribution is -0.147. The summed E-state index contributed by atoms with van der Waals surface area (Å²) in [6, 6.07) is -3.73. The third-order valence-corrected chi connectivity index (χ3v) is 4.69. The highest BCUT2D eigenvalue weighted by atomic mass is 16.4. The number of rotatable bonds is 18. The number of amides is 2. The molecule has 0 saturated carbocycles. The van der Waals surface area contributed by atoms with Crippen LogP contribution in [-0.2, 0) is 47.9 Å². The van der Waals surface area contributed by atoms with E-state index >= 15 is 0 Å². The van der Waals surface area contributed by atoms with Gasteiger partial charge in [0, 0.05) is 33.1 Å². The number of hydrogen-bond acceptors (Lipinski definition) is 11. The second-order valence-electron chi connectivity index (χ2n) is 8.56. The predicted octanol–water partition coefficient (Wildman–Crippen LogP) is -2.20. The number of ketones is 1. The molecule has 0 aromatic rings. The molecule has 0 aliphatic rings. The number of carbonyl (C=O) groups is 10. The minimum atomic E-state index is -1.35. The summed E-state index contributed by atoms with van der Waals surface area (Å²) in [6.07, 6.45) is -2.72. The molecule has 2 amide bonds. The summed E-state index contributed by atoms with van der Waals surface area (Å²) in [6.45, 7) is 2.22. The topological polar surface area (TPSA) is 362 Å². The van der Waals surface area contributed by atoms with Gasteiger partial charge in [-0.3, -0.25) is 43.2 Å². The van der Waals surface area contributed by atoms with E-state index in [1.54, 1.807) is 0 Å². The number of carboxylic acids is 7. The zero-order valence-electron chi connectivity index (χ0n) is 23.0. The Hall–Kier alpha value is -5.14. The first-order valence-electron chi connectivity index (χ1n) is 12.0. The second kappa shape index (κ2) is 22.5. The molecule has 20 heteroatoms. The smallest absolute Gasteiger partial charge is 0.326 e. The van der Waals surface area contributed by atoms with Crippen LogP contribution >= 0.6 is 0 Å². The standard InChI is InChI=1S/C12H17NO8.C6H9NO5.C5H9NO4/c1-6(14)13-8(5-11(18)19)9(15)4-7(12(20)21)2-3-10(16)17;1-3(8)7-4(6(11)12)2-5(9)10;6-3(5(9)10)1-2-4(7)8/h7-8H,2-5H2,1H3,(H,13,14)(H,16,17)(H,18,19)(H,20,21);4H,2H2,1H3,(H,7,8)(H,9,10)(H,11,12);3H,1-2,6H2,(H,7,8)(H,9,10)/t7-,8+;4-;3-/m100/s1. The van der Waals surface area contributed by atoms with E-state index in [0.717, 1.165) is 13.8 Å². The van der Waals surface area contributed by atoms with Crippen LogP contribution in [0.15, 0.2) is 0 Å². The van der Waals surface area contributed by atoms with E-state index in [4.69, 9.17) is 41.5 Å². The molecule has 0 saturated heterocycles. The summed E-state index contributed by atoms with van der Waals surface area (Å²) < 4.78 is 0. The Balaban J connectivity index is -0.000000615. The SMILES string of the molecule is CC(=O)N[C@@H](CC(=O)O)C(=O)C[C@@H](CCC(=O)O)C(=O)O.CC(=O)N[C@@H](CC(=O)O)C(=O)O.N[C@@H](CCC(=O)O)C(=O)O. The molecule has 244 valence electrons. The van der Waals surface area contributed by atoms with Gasteiger partial charge in [0.25, 0.3) is 0 Å². The van der Waals surface area contributed by atoms with E-state index in [1.165, 1.54) is 0 Å². The van der Waals surface area contributed by atoms with Crippen LogP contribution in [-0.4, -0.2) is 113 Å². The Labute approximate surface area is 242 Å². The Morgan fingerprint density at radius 3 is 1.26 bits per heavy atom. The van der Waals surface area contributed by atoms with E-state index in [-0.39, 0.29) is 19.3 Å². The van der Waals surface area contributed by atoms with E-state index in [1.807, 2.05) is 5.32 Å². The Morgan fingerprint density at radius 1 is 0.535 bits per heavy atom. The lowest BCUT2D eigenvalue weighted by atomic mass is 9.93. The van der Waals surface area contributed by atoms with Crippen LogP contribution in [0.25, 0.3) is 0 Å². The minimum absolute atomic E-state index is 0.0231. The zero-order chi connectivity index (χ0) is 34.4. The normalized spacial score (nSPS) is 12.5. The van der Waals surface area contributed by atoms with Crippen molar-refractivity contribution in [1.29, 1.82) is 0 Å². The van der Waals surface area contributed by atoms with Crippen molar-refractivity contribution in [3.05, 3.63) is 0 Å². The van der Waals surface area contributed by atoms with Crippen LogP contribution in [0.3, 0.4) is 0 Å². The van der Waals surface area contributed by atoms with Gasteiger partial charge in [-0.25, -0.2) is 4.79 Å². The summed E-state index contributed by atoms with van der Waals surface area (Å²) in [4.78, 5) is 105. The number of aliphatic carboxylic acids is 7. The molecule has 0 fully saturated rings. The molecule has 0 aromatic heterocycles. The van der Waals surface area contributed by atoms with Crippen molar-refractivity contribution in [2.75, 3.05) is 0 Å². The van der Waals surface area contributed by atoms with Crippen molar-refractivity contribution >= 4 is 59.4 Å². The average Bonchev–Trinajstić information content (AvgIpc) is 2.83. The van der Waals surface area contributed by atoms with Crippen LogP contribution < -0.4 is 16.4 Å². The molecule has 0 aromatic carbocycles. The molecule has 20 nitrogen and oxygen atoms in total. The Morgan fingerprint density at radius 2 is 0.930 bits per heavy atom. The molecular formula is C23H35N3O17. The fourth-order valence-electron chi connectivity index (χ4n) is 2.68. The number of nitrogens with one attached hydrogen (secondary N) is 2. The van der Waals surface area contributed by atoms with Crippen molar-refractivity contribution in [3.63, 3.8) is 0 Å². The number of nitrogens with two attached hydrogens (primary N) is 1. The second-order valence-corrected chi connectivity index (χ2v) is 8.56. The fourth-order valence-corrected chi connectivity index (χ4v) is 2.68. The van der Waals surface area contributed by atoms with Crippen molar-refractivity contribution in [2.45, 2.75) is 76.9 Å². The average molecular weight is 626 g/mol. The number of Topliss-reactive ketones (excluding diaryl/α,β-unsaturated/α-hetero) is 1. The molecule has 0 bridgehead atoms. The van der Waals surface area contributed by atoms with Gasteiger partial charge in [-0.2, -0.15) is 0 Å². The minimum Gasteiger partial charge on any atom is -0.481 e. The van der Waals surface area contributed by atoms with Gasteiger partial charge < -0.3 is 52.1 Å². The zero-order valence-corrected chi connectivity index (χ0v) is 23.0. The first-order valence-corrected chi connectivity index (χ1v) is 12.0. The van der Waals surface area contributed by atoms with Crippen LogP contribution in [0.5, 0.6) is 0 Å². The van der Waals surface area contributed by atoms with Gasteiger partial charge in [0.05, 0.1) is 24.8 Å². The highest BCUT2D eigenvalue weighted by Crippen LogP contribution is 2.14. The fraction of sp³-hybridized carbons (Fsp3) is 0.565. The molecule has 0 aliphatic carbocycles. The van der Waals surface area contributed by atoms with Gasteiger partial charge in [0.1, 0.15) is 12.1 Å². The highest BCUT2D eigenvalue weighted by molar-refractivity contribution is 5.93. The molecule has 4 atom stereocenters. The molecule has 0 aliphatic heterocycles. The van der Waals surface area contributed by atoms with Gasteiger partial charge in [-0.15, -0.1) is 0 Å². The first kappa shape index (κ1) is 42.3. The van der Waals surface area contributed by atoms with Gasteiger partial charge >= 0.3 is 41.8 Å². The number of carboxylic acid groups (broad SMARTS) is 7. The molecule has 0 spiro atoms. The molecule has 0 heterocycles. The monoisotopic (exact) mass is 625 g/mol. The maximum absolute atomic E-state index is 11.9. The van der Waals surface area contributed by atoms with Crippen molar-refractivity contribution < 1.29 is 83.7 Å².